The number of methoxy groups -OCH3 is 1. The third kappa shape index (κ3) is 7.82. The molecule has 1 aliphatic carbocycles. The fourth-order valence-corrected chi connectivity index (χ4v) is 5.29. The first-order valence-electron chi connectivity index (χ1n) is 13.2. The molecule has 0 spiro atoms. The van der Waals surface area contributed by atoms with Crippen molar-refractivity contribution in [1.82, 2.24) is 15.5 Å². The smallest absolute Gasteiger partial charge is 0.408 e. The number of nitrogens with one attached hydrogen (secondary N) is 2. The number of allylic oxidation sites excluding steroid dienone is 2. The van der Waals surface area contributed by atoms with Crippen LogP contribution in [0.4, 0.5) is 4.79 Å². The van der Waals surface area contributed by atoms with Crippen molar-refractivity contribution in [3.63, 3.8) is 0 Å². The lowest BCUT2D eigenvalue weighted by molar-refractivity contribution is -0.147. The number of alkyl carbamates (subject to hydrolysis) is 1. The van der Waals surface area contributed by atoms with Gasteiger partial charge in [-0.25, -0.2) is 9.59 Å². The van der Waals surface area contributed by atoms with Crippen LogP contribution in [0.2, 0.25) is 0 Å². The summed E-state index contributed by atoms with van der Waals surface area (Å²) >= 11 is 0. The van der Waals surface area contributed by atoms with Crippen LogP contribution in [0.25, 0.3) is 0 Å². The Morgan fingerprint density at radius 1 is 1.03 bits per heavy atom. The van der Waals surface area contributed by atoms with E-state index in [4.69, 9.17) is 9.47 Å². The number of hydrogen-bond acceptors (Lipinski definition) is 6. The van der Waals surface area contributed by atoms with E-state index in [0.29, 0.717) is 25.8 Å². The first-order chi connectivity index (χ1) is 17.3. The molecule has 2 N–H and O–H groups in total. The Bertz CT molecular complexity index is 878. The molecule has 2 fully saturated rings. The minimum Gasteiger partial charge on any atom is -0.467 e. The first kappa shape index (κ1) is 30.4. The molecule has 2 rings (SSSR count). The van der Waals surface area contributed by atoms with Crippen LogP contribution in [0.5, 0.6) is 0 Å². The number of fused-ring (bicyclic) bond motifs is 1. The Morgan fingerprint density at radius 2 is 1.68 bits per heavy atom. The number of ether oxygens (including phenoxy) is 2. The van der Waals surface area contributed by atoms with E-state index >= 15 is 0 Å². The summed E-state index contributed by atoms with van der Waals surface area (Å²) in [5.74, 6) is -1.08. The molecule has 9 heteroatoms. The van der Waals surface area contributed by atoms with Gasteiger partial charge in [-0.3, -0.25) is 9.59 Å². The zero-order valence-electron chi connectivity index (χ0n) is 23.3. The van der Waals surface area contributed by atoms with Gasteiger partial charge in [-0.15, -0.1) is 13.2 Å². The van der Waals surface area contributed by atoms with Crippen LogP contribution in [0.1, 0.15) is 73.1 Å². The maximum Gasteiger partial charge on any atom is 0.408 e. The third-order valence-corrected chi connectivity index (χ3v) is 7.36. The van der Waals surface area contributed by atoms with Gasteiger partial charge in [0.25, 0.3) is 0 Å². The van der Waals surface area contributed by atoms with Gasteiger partial charge >= 0.3 is 12.1 Å². The van der Waals surface area contributed by atoms with Crippen LogP contribution in [0.3, 0.4) is 0 Å². The highest BCUT2D eigenvalue weighted by Gasteiger charge is 2.69. The standard InChI is InChI=1S/C28H45N3O6/c1-9-11-13-14-16-20(25(34)36-8)29-23(32)22-21-18(28(21,6)7)17-31(22)24(33)19(15-12-10-2)30-26(35)37-27(3,4)5/h9-10,18-22H,1-2,11-17H2,3-8H3,(H,29,32)(H,30,35)/t18?,19?,20-,21?,22-/m0/s1. The Labute approximate surface area is 221 Å². The molecule has 0 radical (unpaired) electrons. The van der Waals surface area contributed by atoms with Gasteiger partial charge in [-0.2, -0.15) is 0 Å². The van der Waals surface area contributed by atoms with E-state index in [9.17, 15) is 19.2 Å². The number of unbranched alkanes of at least 4 members (excludes halogenated alkanes) is 2. The third-order valence-electron chi connectivity index (χ3n) is 7.36. The van der Waals surface area contributed by atoms with Crippen molar-refractivity contribution in [2.45, 2.75) is 96.9 Å². The highest BCUT2D eigenvalue weighted by atomic mass is 16.6. The molecule has 1 saturated carbocycles. The molecule has 0 aromatic rings. The fourth-order valence-electron chi connectivity index (χ4n) is 5.29. The van der Waals surface area contributed by atoms with Crippen molar-refractivity contribution in [3.05, 3.63) is 25.3 Å². The van der Waals surface area contributed by atoms with Crippen molar-refractivity contribution >= 4 is 23.9 Å². The zero-order chi connectivity index (χ0) is 28.0. The lowest BCUT2D eigenvalue weighted by Crippen LogP contribution is -2.57. The number of rotatable bonds is 13. The van der Waals surface area contributed by atoms with Crippen molar-refractivity contribution in [2.24, 2.45) is 17.3 Å². The van der Waals surface area contributed by atoms with Gasteiger partial charge in [0.05, 0.1) is 7.11 Å². The van der Waals surface area contributed by atoms with Crippen LogP contribution < -0.4 is 10.6 Å². The summed E-state index contributed by atoms with van der Waals surface area (Å²) in [6.07, 6.45) is 6.47. The molecule has 2 aliphatic rings. The van der Waals surface area contributed by atoms with Crippen molar-refractivity contribution in [3.8, 4) is 0 Å². The Kier molecular flexibility index (Phi) is 10.4. The summed E-state index contributed by atoms with van der Waals surface area (Å²) in [4.78, 5) is 53.8. The average molecular weight is 520 g/mol. The molecule has 0 bridgehead atoms. The summed E-state index contributed by atoms with van der Waals surface area (Å²) in [5, 5.41) is 5.55. The number of esters is 1. The van der Waals surface area contributed by atoms with E-state index in [1.807, 2.05) is 6.08 Å². The van der Waals surface area contributed by atoms with E-state index in [0.717, 1.165) is 19.3 Å². The molecule has 0 aromatic carbocycles. The predicted octanol–water partition coefficient (Wildman–Crippen LogP) is 3.73. The number of amides is 3. The maximum atomic E-state index is 13.7. The molecule has 3 unspecified atom stereocenters. The number of piperidine rings is 1. The largest absolute Gasteiger partial charge is 0.467 e. The maximum absolute atomic E-state index is 13.7. The van der Waals surface area contributed by atoms with Gasteiger partial charge in [0, 0.05) is 6.54 Å². The molecule has 1 heterocycles. The van der Waals surface area contributed by atoms with Gasteiger partial charge in [-0.05, 0) is 70.1 Å². The number of nitrogens with zero attached hydrogens (tertiary/aromatic N) is 1. The van der Waals surface area contributed by atoms with Crippen LogP contribution in [-0.2, 0) is 23.9 Å². The fraction of sp³-hybridized carbons (Fsp3) is 0.714. The molecular formula is C28H45N3O6. The average Bonchev–Trinajstić information content (AvgIpc) is 3.15. The van der Waals surface area contributed by atoms with Crippen LogP contribution in [0.15, 0.2) is 25.3 Å². The molecule has 9 nitrogen and oxygen atoms in total. The Balaban J connectivity index is 2.22. The quantitative estimate of drug-likeness (QED) is 0.218. The number of hydrogen-bond donors (Lipinski definition) is 2. The number of carbonyl (C=O) groups is 4. The molecule has 1 saturated heterocycles. The molecule has 0 aromatic heterocycles. The highest BCUT2D eigenvalue weighted by Crippen LogP contribution is 2.64. The summed E-state index contributed by atoms with van der Waals surface area (Å²) in [6, 6.07) is -2.39. The summed E-state index contributed by atoms with van der Waals surface area (Å²) in [5.41, 5.74) is -0.814. The lowest BCUT2D eigenvalue weighted by Gasteiger charge is -2.34. The van der Waals surface area contributed by atoms with Crippen LogP contribution >= 0.6 is 0 Å². The molecule has 37 heavy (non-hydrogen) atoms. The Morgan fingerprint density at radius 3 is 2.24 bits per heavy atom. The summed E-state index contributed by atoms with van der Waals surface area (Å²) < 4.78 is 10.3. The lowest BCUT2D eigenvalue weighted by atomic mass is 9.98. The second-order valence-corrected chi connectivity index (χ2v) is 11.6. The van der Waals surface area contributed by atoms with Crippen molar-refractivity contribution < 1.29 is 28.7 Å². The molecule has 1 aliphatic heterocycles. The first-order valence-corrected chi connectivity index (χ1v) is 13.2. The van der Waals surface area contributed by atoms with E-state index in [1.54, 1.807) is 31.7 Å². The SMILES string of the molecule is C=CCCCC[C@H](NC(=O)[C@@H]1C2C(CN1C(=O)C(CCC=C)NC(=O)OC(C)(C)C)C2(C)C)C(=O)OC. The predicted molar refractivity (Wildman–Crippen MR) is 141 cm³/mol. The minimum absolute atomic E-state index is 0.0305. The van der Waals surface area contributed by atoms with Crippen molar-refractivity contribution in [2.75, 3.05) is 13.7 Å². The van der Waals surface area contributed by atoms with E-state index < -0.39 is 35.8 Å². The second kappa shape index (κ2) is 12.6. The van der Waals surface area contributed by atoms with E-state index in [-0.39, 0.29) is 29.1 Å². The monoisotopic (exact) mass is 519 g/mol. The zero-order valence-corrected chi connectivity index (χ0v) is 23.3. The van der Waals surface area contributed by atoms with Crippen molar-refractivity contribution in [1.29, 1.82) is 0 Å². The number of likely N-dealkylation sites (tertiary alicyclic amines) is 1. The minimum atomic E-state index is -0.862. The topological polar surface area (TPSA) is 114 Å². The number of carbonyl (C=O) groups excluding carboxylic acids is 4. The second-order valence-electron chi connectivity index (χ2n) is 11.6. The van der Waals surface area contributed by atoms with Gasteiger partial charge < -0.3 is 25.0 Å². The molecule has 3 amide bonds. The van der Waals surface area contributed by atoms with Crippen LogP contribution in [0, 0.1) is 17.3 Å². The van der Waals surface area contributed by atoms with Gasteiger partial charge in [0.15, 0.2) is 0 Å². The van der Waals surface area contributed by atoms with Crippen LogP contribution in [-0.4, -0.2) is 66.2 Å². The van der Waals surface area contributed by atoms with Gasteiger partial charge in [-0.1, -0.05) is 32.4 Å². The molecular weight excluding hydrogens is 474 g/mol. The Hall–Kier alpha value is -2.84. The molecule has 5 atom stereocenters. The summed E-state index contributed by atoms with van der Waals surface area (Å²) in [7, 11) is 1.29. The summed E-state index contributed by atoms with van der Waals surface area (Å²) in [6.45, 7) is 17.3. The van der Waals surface area contributed by atoms with Gasteiger partial charge in [0.2, 0.25) is 11.8 Å². The van der Waals surface area contributed by atoms with Gasteiger partial charge in [0.1, 0.15) is 23.7 Å². The highest BCUT2D eigenvalue weighted by molar-refractivity contribution is 5.94. The van der Waals surface area contributed by atoms with E-state index in [2.05, 4.69) is 37.6 Å². The molecule has 208 valence electrons. The van der Waals surface area contributed by atoms with E-state index in [1.165, 1.54) is 7.11 Å². The normalized spacial score (nSPS) is 23.2.